The second kappa shape index (κ2) is 5.02. The Morgan fingerprint density at radius 1 is 0.789 bits per heavy atom. The third kappa shape index (κ3) is 2.25. The monoisotopic (exact) mass is 249 g/mol. The average molecular weight is 249 g/mol. The Labute approximate surface area is 112 Å². The minimum absolute atomic E-state index is 0.873. The molecular weight excluding hydrogens is 234 g/mol. The number of rotatable bonds is 3. The topological polar surface area (TPSA) is 14.2 Å². The van der Waals surface area contributed by atoms with Gasteiger partial charge in [0, 0.05) is 12.4 Å². The smallest absolute Gasteiger partial charge is 0.142 e. The molecule has 0 radical (unpaired) electrons. The van der Waals surface area contributed by atoms with Gasteiger partial charge in [-0.3, -0.25) is 0 Å². The van der Waals surface area contributed by atoms with Crippen LogP contribution in [0.4, 0.5) is 0 Å². The van der Waals surface area contributed by atoms with Crippen molar-refractivity contribution >= 4 is 0 Å². The van der Waals surface area contributed by atoms with Crippen LogP contribution < -0.4 is 4.74 Å². The molecule has 0 atom stereocenters. The zero-order chi connectivity index (χ0) is 13.1. The Bertz CT molecular complexity index is 670. The summed E-state index contributed by atoms with van der Waals surface area (Å²) in [6.45, 7) is 0. The zero-order valence-corrected chi connectivity index (χ0v) is 10.8. The molecule has 3 rings (SSSR count). The third-order valence-electron chi connectivity index (χ3n) is 3.16. The van der Waals surface area contributed by atoms with Gasteiger partial charge in [-0.15, -0.1) is 0 Å². The molecule has 94 valence electrons. The van der Waals surface area contributed by atoms with Crippen molar-refractivity contribution in [3.63, 3.8) is 0 Å². The van der Waals surface area contributed by atoms with Crippen molar-refractivity contribution in [1.82, 2.24) is 4.57 Å². The van der Waals surface area contributed by atoms with Gasteiger partial charge in [-0.2, -0.15) is 0 Å². The van der Waals surface area contributed by atoms with E-state index in [2.05, 4.69) is 47.3 Å². The maximum atomic E-state index is 5.39. The third-order valence-corrected chi connectivity index (χ3v) is 3.16. The fraction of sp³-hybridized carbons (Fsp3) is 0.0588. The van der Waals surface area contributed by atoms with Crippen molar-refractivity contribution in [2.45, 2.75) is 0 Å². The summed E-state index contributed by atoms with van der Waals surface area (Å²) in [5.74, 6) is 0.873. The molecular formula is C17H15NO. The Balaban J connectivity index is 2.02. The van der Waals surface area contributed by atoms with E-state index in [-0.39, 0.29) is 0 Å². The molecule has 3 aromatic rings. The number of hydrogen-bond acceptors (Lipinski definition) is 1. The summed E-state index contributed by atoms with van der Waals surface area (Å²) in [4.78, 5) is 0. The Morgan fingerprint density at radius 3 is 2.32 bits per heavy atom. The van der Waals surface area contributed by atoms with E-state index in [0.717, 1.165) is 11.4 Å². The van der Waals surface area contributed by atoms with E-state index in [1.54, 1.807) is 7.11 Å². The highest BCUT2D eigenvalue weighted by Crippen LogP contribution is 2.26. The average Bonchev–Trinajstić information content (AvgIpc) is 2.98. The van der Waals surface area contributed by atoms with Gasteiger partial charge in [0.15, 0.2) is 0 Å². The number of aromatic nitrogens is 1. The number of benzene rings is 2. The van der Waals surface area contributed by atoms with Crippen LogP contribution in [0, 0.1) is 0 Å². The van der Waals surface area contributed by atoms with Gasteiger partial charge in [0.05, 0.1) is 12.8 Å². The summed E-state index contributed by atoms with van der Waals surface area (Å²) < 4.78 is 7.48. The molecule has 0 unspecified atom stereocenters. The molecule has 0 N–H and O–H groups in total. The molecule has 0 aliphatic heterocycles. The quantitative estimate of drug-likeness (QED) is 0.680. The first-order valence-electron chi connectivity index (χ1n) is 6.25. The molecule has 0 saturated heterocycles. The van der Waals surface area contributed by atoms with Gasteiger partial charge < -0.3 is 9.30 Å². The minimum Gasteiger partial charge on any atom is -0.495 e. The van der Waals surface area contributed by atoms with Crippen LogP contribution in [0.1, 0.15) is 0 Å². The number of methoxy groups -OCH3 is 1. The highest BCUT2D eigenvalue weighted by molar-refractivity contribution is 5.64. The lowest BCUT2D eigenvalue weighted by atomic mass is 10.1. The summed E-state index contributed by atoms with van der Waals surface area (Å²) in [5.41, 5.74) is 3.47. The van der Waals surface area contributed by atoms with Gasteiger partial charge in [-0.25, -0.2) is 0 Å². The zero-order valence-electron chi connectivity index (χ0n) is 10.8. The second-order valence-electron chi connectivity index (χ2n) is 4.35. The predicted octanol–water partition coefficient (Wildman–Crippen LogP) is 4.15. The molecule has 19 heavy (non-hydrogen) atoms. The Hall–Kier alpha value is -2.48. The van der Waals surface area contributed by atoms with Crippen LogP contribution >= 0.6 is 0 Å². The fourth-order valence-corrected chi connectivity index (χ4v) is 2.19. The summed E-state index contributed by atoms with van der Waals surface area (Å²) >= 11 is 0. The van der Waals surface area contributed by atoms with Crippen LogP contribution in [0.2, 0.25) is 0 Å². The fourth-order valence-electron chi connectivity index (χ4n) is 2.19. The molecule has 0 spiro atoms. The highest BCUT2D eigenvalue weighted by Gasteiger charge is 2.05. The highest BCUT2D eigenvalue weighted by atomic mass is 16.5. The van der Waals surface area contributed by atoms with Gasteiger partial charge >= 0.3 is 0 Å². The SMILES string of the molecule is COc1ccccc1-n1ccc(-c2ccccc2)c1. The van der Waals surface area contributed by atoms with Crippen LogP contribution in [0.25, 0.3) is 16.8 Å². The molecule has 0 aliphatic rings. The van der Waals surface area contributed by atoms with E-state index >= 15 is 0 Å². The molecule has 0 amide bonds. The molecule has 0 saturated carbocycles. The van der Waals surface area contributed by atoms with E-state index in [0.29, 0.717) is 0 Å². The van der Waals surface area contributed by atoms with Gasteiger partial charge in [-0.05, 0) is 29.3 Å². The molecule has 0 bridgehead atoms. The lowest BCUT2D eigenvalue weighted by molar-refractivity contribution is 0.413. The van der Waals surface area contributed by atoms with Crippen molar-refractivity contribution in [3.05, 3.63) is 73.1 Å². The molecule has 1 heterocycles. The first-order valence-corrected chi connectivity index (χ1v) is 6.25. The van der Waals surface area contributed by atoms with Gasteiger partial charge in [-0.1, -0.05) is 42.5 Å². The van der Waals surface area contributed by atoms with E-state index in [9.17, 15) is 0 Å². The number of para-hydroxylation sites is 2. The largest absolute Gasteiger partial charge is 0.495 e. The van der Waals surface area contributed by atoms with E-state index in [1.165, 1.54) is 11.1 Å². The lowest BCUT2D eigenvalue weighted by Crippen LogP contribution is -1.94. The maximum Gasteiger partial charge on any atom is 0.142 e. The Kier molecular flexibility index (Phi) is 3.07. The standard InChI is InChI=1S/C17H15NO/c1-19-17-10-6-5-9-16(17)18-12-11-15(13-18)14-7-3-2-4-8-14/h2-13H,1H3. The minimum atomic E-state index is 0.873. The van der Waals surface area contributed by atoms with Crippen LogP contribution in [-0.4, -0.2) is 11.7 Å². The number of nitrogens with zero attached hydrogens (tertiary/aromatic N) is 1. The number of ether oxygens (including phenoxy) is 1. The van der Waals surface area contributed by atoms with Gasteiger partial charge in [0.1, 0.15) is 5.75 Å². The van der Waals surface area contributed by atoms with Gasteiger partial charge in [0.25, 0.3) is 0 Å². The first kappa shape index (κ1) is 11.6. The Morgan fingerprint density at radius 2 is 1.53 bits per heavy atom. The molecule has 2 nitrogen and oxygen atoms in total. The summed E-state index contributed by atoms with van der Waals surface area (Å²) in [6.07, 6.45) is 4.17. The van der Waals surface area contributed by atoms with Crippen LogP contribution in [0.5, 0.6) is 5.75 Å². The molecule has 1 aromatic heterocycles. The van der Waals surface area contributed by atoms with Crippen LogP contribution in [-0.2, 0) is 0 Å². The molecule has 2 aromatic carbocycles. The van der Waals surface area contributed by atoms with E-state index in [1.807, 2.05) is 30.3 Å². The maximum absolute atomic E-state index is 5.39. The second-order valence-corrected chi connectivity index (χ2v) is 4.35. The summed E-state index contributed by atoms with van der Waals surface area (Å²) in [5, 5.41) is 0. The normalized spacial score (nSPS) is 10.4. The molecule has 2 heteroatoms. The molecule has 0 fully saturated rings. The summed E-state index contributed by atoms with van der Waals surface area (Å²) in [7, 11) is 1.69. The van der Waals surface area contributed by atoms with Crippen LogP contribution in [0.3, 0.4) is 0 Å². The van der Waals surface area contributed by atoms with Crippen molar-refractivity contribution in [3.8, 4) is 22.6 Å². The van der Waals surface area contributed by atoms with Gasteiger partial charge in [0.2, 0.25) is 0 Å². The van der Waals surface area contributed by atoms with Crippen molar-refractivity contribution in [2.24, 2.45) is 0 Å². The van der Waals surface area contributed by atoms with Crippen molar-refractivity contribution in [1.29, 1.82) is 0 Å². The summed E-state index contributed by atoms with van der Waals surface area (Å²) in [6, 6.07) is 20.5. The predicted molar refractivity (Wildman–Crippen MR) is 77.8 cm³/mol. The van der Waals surface area contributed by atoms with E-state index < -0.39 is 0 Å². The number of hydrogen-bond donors (Lipinski definition) is 0. The first-order chi connectivity index (χ1) is 9.38. The van der Waals surface area contributed by atoms with E-state index in [4.69, 9.17) is 4.74 Å². The van der Waals surface area contributed by atoms with Crippen molar-refractivity contribution in [2.75, 3.05) is 7.11 Å². The molecule has 0 aliphatic carbocycles. The van der Waals surface area contributed by atoms with Crippen molar-refractivity contribution < 1.29 is 4.74 Å². The lowest BCUT2D eigenvalue weighted by Gasteiger charge is -2.08. The van der Waals surface area contributed by atoms with Crippen LogP contribution in [0.15, 0.2) is 73.1 Å².